The Hall–Kier alpha value is -2.57. The first kappa shape index (κ1) is 23.6. The maximum Gasteiger partial charge on any atom is 0.407 e. The molecule has 1 heterocycles. The van der Waals surface area contributed by atoms with Crippen molar-refractivity contribution in [2.75, 3.05) is 13.7 Å². The maximum atomic E-state index is 13.2. The number of amides is 1. The summed E-state index contributed by atoms with van der Waals surface area (Å²) in [6, 6.07) is 6.79. The van der Waals surface area contributed by atoms with Crippen LogP contribution in [0.25, 0.3) is 0 Å². The molecule has 2 aliphatic carbocycles. The molecule has 1 aromatic rings. The highest BCUT2D eigenvalue weighted by Gasteiger charge is 2.67. The van der Waals surface area contributed by atoms with E-state index in [4.69, 9.17) is 19.2 Å². The number of esters is 1. The summed E-state index contributed by atoms with van der Waals surface area (Å²) in [4.78, 5) is 30.7. The summed E-state index contributed by atoms with van der Waals surface area (Å²) in [6.07, 6.45) is 1.34. The average Bonchev–Trinajstić information content (AvgIpc) is 3.05. The molecule has 3 aliphatic rings. The summed E-state index contributed by atoms with van der Waals surface area (Å²) in [5.41, 5.74) is 1.20. The number of alkyl carbamates (subject to hydrolysis) is 1. The van der Waals surface area contributed by atoms with Gasteiger partial charge in [0.1, 0.15) is 17.5 Å². The third kappa shape index (κ3) is 4.00. The number of fused-ring (bicyclic) bond motifs is 5. The molecule has 0 spiro atoms. The second-order valence-corrected chi connectivity index (χ2v) is 11.3. The molecule has 1 aliphatic heterocycles. The van der Waals surface area contributed by atoms with Gasteiger partial charge in [0.15, 0.2) is 6.04 Å². The van der Waals surface area contributed by atoms with Gasteiger partial charge in [0.05, 0.1) is 12.8 Å². The largest absolute Gasteiger partial charge is 0.497 e. The molecule has 2 saturated carbocycles. The Kier molecular flexibility index (Phi) is 5.74. The number of nitrogens with one attached hydrogen (secondary N) is 1. The van der Waals surface area contributed by atoms with E-state index in [1.165, 1.54) is 0 Å². The van der Waals surface area contributed by atoms with E-state index in [0.29, 0.717) is 5.92 Å². The topological polar surface area (TPSA) is 86.2 Å². The van der Waals surface area contributed by atoms with Gasteiger partial charge in [-0.05, 0) is 56.7 Å². The van der Waals surface area contributed by atoms with Gasteiger partial charge >= 0.3 is 12.1 Å². The number of hydrogen-bond donors (Lipinski definition) is 1. The molecule has 7 nitrogen and oxygen atoms in total. The summed E-state index contributed by atoms with van der Waals surface area (Å²) in [7, 11) is 1.61. The fourth-order valence-corrected chi connectivity index (χ4v) is 5.80. The third-order valence-corrected chi connectivity index (χ3v) is 8.06. The lowest BCUT2D eigenvalue weighted by molar-refractivity contribution is -0.152. The molecule has 180 valence electrons. The molecular weight excluding hydrogens is 420 g/mol. The van der Waals surface area contributed by atoms with Crippen LogP contribution in [0.3, 0.4) is 0 Å². The van der Waals surface area contributed by atoms with Crippen LogP contribution in [0.1, 0.15) is 65.9 Å². The van der Waals surface area contributed by atoms with Crippen molar-refractivity contribution in [2.24, 2.45) is 21.7 Å². The zero-order valence-corrected chi connectivity index (χ0v) is 20.7. The second-order valence-electron chi connectivity index (χ2n) is 11.3. The first-order chi connectivity index (χ1) is 15.4. The molecule has 5 atom stereocenters. The number of nitrogens with zero attached hydrogens (tertiary/aromatic N) is 1. The molecule has 0 unspecified atom stereocenters. The van der Waals surface area contributed by atoms with Crippen LogP contribution in [0.5, 0.6) is 5.75 Å². The molecule has 1 N–H and O–H groups in total. The molecule has 1 aromatic carbocycles. The lowest BCUT2D eigenvalue weighted by atomic mass is 9.70. The van der Waals surface area contributed by atoms with Crippen LogP contribution in [-0.4, -0.2) is 49.2 Å². The summed E-state index contributed by atoms with van der Waals surface area (Å²) >= 11 is 0. The number of carbonyl (C=O) groups excluding carboxylic acids is 2. The normalized spacial score (nSPS) is 30.7. The van der Waals surface area contributed by atoms with E-state index in [1.807, 2.05) is 45.0 Å². The summed E-state index contributed by atoms with van der Waals surface area (Å²) in [6.45, 7) is 12.4. The standard InChI is InChI=1S/C26H36N2O5/c1-24(2,3)33-23(30)27-14-17(15-8-10-16(31-7)11-9-15)19-22(29)32-20-18-12-13-26(6,21(20)28-19)25(18,4)5/h8-11,17-20H,12-14H2,1-7H3,(H,27,30)/t17-,18-,19+,20-,26+/m1/s1. The van der Waals surface area contributed by atoms with Crippen LogP contribution in [0, 0.1) is 16.7 Å². The van der Waals surface area contributed by atoms with Crippen LogP contribution < -0.4 is 10.1 Å². The fraction of sp³-hybridized carbons (Fsp3) is 0.654. The molecule has 0 aromatic heterocycles. The number of methoxy groups -OCH3 is 1. The molecule has 33 heavy (non-hydrogen) atoms. The Labute approximate surface area is 196 Å². The highest BCUT2D eigenvalue weighted by molar-refractivity contribution is 6.03. The summed E-state index contributed by atoms with van der Waals surface area (Å²) in [5.74, 6) is 0.292. The van der Waals surface area contributed by atoms with Gasteiger partial charge in [0.25, 0.3) is 0 Å². The van der Waals surface area contributed by atoms with Gasteiger partial charge < -0.3 is 19.5 Å². The number of aliphatic imine (C=N–C) groups is 1. The van der Waals surface area contributed by atoms with Crippen molar-refractivity contribution in [3.8, 4) is 5.75 Å². The fourth-order valence-electron chi connectivity index (χ4n) is 5.80. The average molecular weight is 457 g/mol. The van der Waals surface area contributed by atoms with Gasteiger partial charge in [-0.25, -0.2) is 9.59 Å². The smallest absolute Gasteiger partial charge is 0.407 e. The van der Waals surface area contributed by atoms with Crippen LogP contribution >= 0.6 is 0 Å². The van der Waals surface area contributed by atoms with Crippen molar-refractivity contribution in [2.45, 2.75) is 78.0 Å². The Bertz CT molecular complexity index is 962. The van der Waals surface area contributed by atoms with Crippen molar-refractivity contribution in [3.63, 3.8) is 0 Å². The van der Waals surface area contributed by atoms with E-state index in [-0.39, 0.29) is 29.4 Å². The molecule has 0 saturated heterocycles. The number of carbonyl (C=O) groups is 2. The van der Waals surface area contributed by atoms with Gasteiger partial charge in [-0.15, -0.1) is 0 Å². The van der Waals surface area contributed by atoms with E-state index in [1.54, 1.807) is 7.11 Å². The lowest BCUT2D eigenvalue weighted by Crippen LogP contribution is -2.48. The SMILES string of the molecule is COc1ccc([C@@H](CNC(=O)OC(C)(C)C)[C@@H]2N=C3[C@H](OC2=O)[C@H]2CC[C@]3(C)C2(C)C)cc1. The zero-order chi connectivity index (χ0) is 24.2. The van der Waals surface area contributed by atoms with E-state index in [0.717, 1.165) is 29.9 Å². The predicted molar refractivity (Wildman–Crippen MR) is 126 cm³/mol. The number of ether oxygens (including phenoxy) is 3. The van der Waals surface area contributed by atoms with Crippen molar-refractivity contribution < 1.29 is 23.8 Å². The summed E-state index contributed by atoms with van der Waals surface area (Å²) < 4.78 is 16.7. The first-order valence-electron chi connectivity index (χ1n) is 11.8. The molecular formula is C26H36N2O5. The minimum absolute atomic E-state index is 0.0239. The first-order valence-corrected chi connectivity index (χ1v) is 11.8. The second kappa shape index (κ2) is 8.03. The van der Waals surface area contributed by atoms with Crippen LogP contribution in [0.15, 0.2) is 29.3 Å². The van der Waals surface area contributed by atoms with Gasteiger partial charge in [-0.1, -0.05) is 32.9 Å². The Morgan fingerprint density at radius 2 is 1.91 bits per heavy atom. The molecule has 1 amide bonds. The number of rotatable bonds is 5. The van der Waals surface area contributed by atoms with Crippen molar-refractivity contribution in [1.82, 2.24) is 5.32 Å². The monoisotopic (exact) mass is 456 g/mol. The van der Waals surface area contributed by atoms with Crippen molar-refractivity contribution >= 4 is 17.8 Å². The highest BCUT2D eigenvalue weighted by Crippen LogP contribution is 2.65. The van der Waals surface area contributed by atoms with Crippen molar-refractivity contribution in [3.05, 3.63) is 29.8 Å². The van der Waals surface area contributed by atoms with E-state index in [2.05, 4.69) is 26.1 Å². The zero-order valence-electron chi connectivity index (χ0n) is 20.7. The van der Waals surface area contributed by atoms with Crippen molar-refractivity contribution in [1.29, 1.82) is 0 Å². The molecule has 4 rings (SSSR count). The third-order valence-electron chi connectivity index (χ3n) is 8.06. The van der Waals surface area contributed by atoms with Gasteiger partial charge in [0.2, 0.25) is 0 Å². The predicted octanol–water partition coefficient (Wildman–Crippen LogP) is 4.49. The van der Waals surface area contributed by atoms with Crippen LogP contribution in [-0.2, 0) is 14.3 Å². The molecule has 0 radical (unpaired) electrons. The minimum Gasteiger partial charge on any atom is -0.497 e. The highest BCUT2D eigenvalue weighted by atomic mass is 16.6. The Morgan fingerprint density at radius 1 is 1.24 bits per heavy atom. The maximum absolute atomic E-state index is 13.2. The Balaban J connectivity index is 1.66. The van der Waals surface area contributed by atoms with E-state index < -0.39 is 23.7 Å². The molecule has 2 fully saturated rings. The molecule has 2 bridgehead atoms. The minimum atomic E-state index is -0.730. The van der Waals surface area contributed by atoms with Gasteiger partial charge in [-0.2, -0.15) is 0 Å². The number of benzene rings is 1. The van der Waals surface area contributed by atoms with E-state index in [9.17, 15) is 9.59 Å². The van der Waals surface area contributed by atoms with Crippen LogP contribution in [0.4, 0.5) is 4.79 Å². The van der Waals surface area contributed by atoms with Gasteiger partial charge in [-0.3, -0.25) is 4.99 Å². The Morgan fingerprint density at radius 3 is 2.52 bits per heavy atom. The van der Waals surface area contributed by atoms with Crippen LogP contribution in [0.2, 0.25) is 0 Å². The van der Waals surface area contributed by atoms with Gasteiger partial charge in [0, 0.05) is 23.8 Å². The summed E-state index contributed by atoms with van der Waals surface area (Å²) in [5, 5.41) is 2.83. The quantitative estimate of drug-likeness (QED) is 0.660. The van der Waals surface area contributed by atoms with E-state index >= 15 is 0 Å². The molecule has 7 heteroatoms. The lowest BCUT2D eigenvalue weighted by Gasteiger charge is -2.37. The number of hydrogen-bond acceptors (Lipinski definition) is 6.